The molecule has 0 spiro atoms. The summed E-state index contributed by atoms with van der Waals surface area (Å²) in [7, 11) is 1.57. The molecule has 2 N–H and O–H groups in total. The fourth-order valence-corrected chi connectivity index (χ4v) is 2.78. The number of benzene rings is 2. The van der Waals surface area contributed by atoms with E-state index in [0.717, 1.165) is 16.8 Å². The maximum atomic E-state index is 12.6. The van der Waals surface area contributed by atoms with Crippen LogP contribution in [0, 0.1) is 13.8 Å². The second kappa shape index (κ2) is 8.05. The van der Waals surface area contributed by atoms with Crippen LogP contribution in [0.15, 0.2) is 48.8 Å². The zero-order chi connectivity index (χ0) is 19.4. The number of amides is 1. The van der Waals surface area contributed by atoms with E-state index in [4.69, 9.17) is 16.3 Å². The lowest BCUT2D eigenvalue weighted by Gasteiger charge is -2.12. The molecule has 0 saturated heterocycles. The molecule has 0 unspecified atom stereocenters. The Kier molecular flexibility index (Phi) is 5.57. The highest BCUT2D eigenvalue weighted by Crippen LogP contribution is 2.30. The van der Waals surface area contributed by atoms with Crippen LogP contribution in [-0.4, -0.2) is 23.0 Å². The molecule has 1 heterocycles. The largest absolute Gasteiger partial charge is 0.495 e. The van der Waals surface area contributed by atoms with E-state index in [1.165, 1.54) is 6.33 Å². The Morgan fingerprint density at radius 2 is 1.85 bits per heavy atom. The van der Waals surface area contributed by atoms with Gasteiger partial charge in [0.1, 0.15) is 23.6 Å². The predicted molar refractivity (Wildman–Crippen MR) is 107 cm³/mol. The lowest BCUT2D eigenvalue weighted by molar-refractivity contribution is 0.102. The minimum Gasteiger partial charge on any atom is -0.495 e. The molecule has 0 radical (unpaired) electrons. The first-order valence-electron chi connectivity index (χ1n) is 8.27. The van der Waals surface area contributed by atoms with Crippen LogP contribution in [0.4, 0.5) is 17.2 Å². The summed E-state index contributed by atoms with van der Waals surface area (Å²) in [6.07, 6.45) is 1.33. The van der Waals surface area contributed by atoms with Crippen molar-refractivity contribution in [1.29, 1.82) is 0 Å². The van der Waals surface area contributed by atoms with Crippen molar-refractivity contribution in [1.82, 2.24) is 9.97 Å². The smallest absolute Gasteiger partial charge is 0.274 e. The molecule has 0 aliphatic rings. The molecule has 0 fully saturated rings. The number of halogens is 1. The standard InChI is InChI=1S/C20H19ClN4O2/c1-12-4-6-15(13(2)8-12)25-20(26)17-10-19(23-11-22-17)24-16-9-14(21)5-7-18(16)27-3/h4-11H,1-3H3,(H,25,26)(H,22,23,24). The van der Waals surface area contributed by atoms with E-state index in [1.807, 2.05) is 32.0 Å². The summed E-state index contributed by atoms with van der Waals surface area (Å²) in [5.41, 5.74) is 3.75. The van der Waals surface area contributed by atoms with E-state index in [9.17, 15) is 4.79 Å². The third-order valence-corrected chi connectivity index (χ3v) is 4.19. The van der Waals surface area contributed by atoms with Crippen LogP contribution in [0.25, 0.3) is 0 Å². The van der Waals surface area contributed by atoms with Crippen molar-refractivity contribution in [2.45, 2.75) is 13.8 Å². The van der Waals surface area contributed by atoms with Gasteiger partial charge in [0.25, 0.3) is 5.91 Å². The Morgan fingerprint density at radius 1 is 1.04 bits per heavy atom. The van der Waals surface area contributed by atoms with E-state index < -0.39 is 0 Å². The molecule has 1 amide bonds. The molecule has 0 atom stereocenters. The minimum atomic E-state index is -0.314. The molecule has 138 valence electrons. The fraction of sp³-hybridized carbons (Fsp3) is 0.150. The maximum absolute atomic E-state index is 12.6. The first kappa shape index (κ1) is 18.7. The van der Waals surface area contributed by atoms with E-state index in [1.54, 1.807) is 31.4 Å². The highest BCUT2D eigenvalue weighted by atomic mass is 35.5. The molecule has 27 heavy (non-hydrogen) atoms. The van der Waals surface area contributed by atoms with Crippen molar-refractivity contribution in [2.24, 2.45) is 0 Å². The third-order valence-electron chi connectivity index (χ3n) is 3.95. The monoisotopic (exact) mass is 382 g/mol. The molecule has 0 saturated carbocycles. The molecule has 0 aliphatic heterocycles. The van der Waals surface area contributed by atoms with Crippen LogP contribution in [0.3, 0.4) is 0 Å². The number of hydrogen-bond donors (Lipinski definition) is 2. The van der Waals surface area contributed by atoms with Crippen LogP contribution in [0.1, 0.15) is 21.6 Å². The SMILES string of the molecule is COc1ccc(Cl)cc1Nc1cc(C(=O)Nc2ccc(C)cc2C)ncn1. The average molecular weight is 383 g/mol. The number of aromatic nitrogens is 2. The first-order valence-corrected chi connectivity index (χ1v) is 8.65. The Balaban J connectivity index is 1.81. The lowest BCUT2D eigenvalue weighted by Crippen LogP contribution is -2.15. The lowest BCUT2D eigenvalue weighted by atomic mass is 10.1. The van der Waals surface area contributed by atoms with Crippen molar-refractivity contribution >= 4 is 34.7 Å². The molecule has 3 rings (SSSR count). The predicted octanol–water partition coefficient (Wildman–Crippen LogP) is 4.75. The molecule has 0 bridgehead atoms. The molecule has 6 nitrogen and oxygen atoms in total. The quantitative estimate of drug-likeness (QED) is 0.665. The minimum absolute atomic E-state index is 0.244. The van der Waals surface area contributed by atoms with Crippen LogP contribution >= 0.6 is 11.6 Å². The van der Waals surface area contributed by atoms with Crippen LogP contribution in [-0.2, 0) is 0 Å². The molecular weight excluding hydrogens is 364 g/mol. The number of aryl methyl sites for hydroxylation is 2. The molecule has 0 aliphatic carbocycles. The molecule has 3 aromatic rings. The van der Waals surface area contributed by atoms with Crippen molar-refractivity contribution in [2.75, 3.05) is 17.7 Å². The normalized spacial score (nSPS) is 10.4. The second-order valence-corrected chi connectivity index (χ2v) is 6.47. The molecule has 1 aromatic heterocycles. The number of carbonyl (C=O) groups is 1. The summed E-state index contributed by atoms with van der Waals surface area (Å²) in [6, 6.07) is 12.6. The van der Waals surface area contributed by atoms with Gasteiger partial charge in [-0.05, 0) is 43.7 Å². The van der Waals surface area contributed by atoms with Crippen molar-refractivity contribution in [3.63, 3.8) is 0 Å². The molecular formula is C20H19ClN4O2. The van der Waals surface area contributed by atoms with Gasteiger partial charge in [-0.1, -0.05) is 29.3 Å². The zero-order valence-electron chi connectivity index (χ0n) is 15.2. The number of ether oxygens (including phenoxy) is 1. The fourth-order valence-electron chi connectivity index (χ4n) is 2.61. The summed E-state index contributed by atoms with van der Waals surface area (Å²) in [4.78, 5) is 20.8. The van der Waals surface area contributed by atoms with E-state index >= 15 is 0 Å². The van der Waals surface area contributed by atoms with Crippen LogP contribution in [0.5, 0.6) is 5.75 Å². The van der Waals surface area contributed by atoms with Gasteiger partial charge in [-0.3, -0.25) is 4.79 Å². The number of carbonyl (C=O) groups excluding carboxylic acids is 1. The van der Waals surface area contributed by atoms with E-state index in [0.29, 0.717) is 22.3 Å². The van der Waals surface area contributed by atoms with Gasteiger partial charge in [0.2, 0.25) is 0 Å². The van der Waals surface area contributed by atoms with Crippen molar-refractivity contribution in [3.8, 4) is 5.75 Å². The number of anilines is 3. The third kappa shape index (κ3) is 4.54. The van der Waals surface area contributed by atoms with Gasteiger partial charge in [-0.15, -0.1) is 0 Å². The van der Waals surface area contributed by atoms with Gasteiger partial charge in [-0.2, -0.15) is 0 Å². The summed E-state index contributed by atoms with van der Waals surface area (Å²) in [5.74, 6) is 0.751. The number of nitrogens with zero attached hydrogens (tertiary/aromatic N) is 2. The first-order chi connectivity index (χ1) is 13.0. The topological polar surface area (TPSA) is 76.1 Å². The Hall–Kier alpha value is -3.12. The van der Waals surface area contributed by atoms with Gasteiger partial charge < -0.3 is 15.4 Å². The van der Waals surface area contributed by atoms with Crippen LogP contribution in [0.2, 0.25) is 5.02 Å². The molecule has 2 aromatic carbocycles. The number of hydrogen-bond acceptors (Lipinski definition) is 5. The Labute approximate surface area is 162 Å². The van der Waals surface area contributed by atoms with Crippen molar-refractivity contribution in [3.05, 3.63) is 70.6 Å². The van der Waals surface area contributed by atoms with Gasteiger partial charge in [-0.25, -0.2) is 9.97 Å². The van der Waals surface area contributed by atoms with Gasteiger partial charge in [0.05, 0.1) is 12.8 Å². The summed E-state index contributed by atoms with van der Waals surface area (Å²) >= 11 is 6.05. The summed E-state index contributed by atoms with van der Waals surface area (Å²) in [5, 5.41) is 6.53. The van der Waals surface area contributed by atoms with Crippen molar-refractivity contribution < 1.29 is 9.53 Å². The summed E-state index contributed by atoms with van der Waals surface area (Å²) in [6.45, 7) is 3.95. The number of methoxy groups -OCH3 is 1. The molecule has 7 heteroatoms. The van der Waals surface area contributed by atoms with E-state index in [2.05, 4.69) is 20.6 Å². The Morgan fingerprint density at radius 3 is 2.59 bits per heavy atom. The van der Waals surface area contributed by atoms with Crippen LogP contribution < -0.4 is 15.4 Å². The van der Waals surface area contributed by atoms with Gasteiger partial charge in [0, 0.05) is 16.8 Å². The second-order valence-electron chi connectivity index (χ2n) is 6.03. The van der Waals surface area contributed by atoms with E-state index in [-0.39, 0.29) is 11.6 Å². The van der Waals surface area contributed by atoms with Gasteiger partial charge >= 0.3 is 0 Å². The summed E-state index contributed by atoms with van der Waals surface area (Å²) < 4.78 is 5.31. The number of nitrogens with one attached hydrogen (secondary N) is 2. The maximum Gasteiger partial charge on any atom is 0.274 e. The number of rotatable bonds is 5. The zero-order valence-corrected chi connectivity index (χ0v) is 16.0. The van der Waals surface area contributed by atoms with Gasteiger partial charge in [0.15, 0.2) is 0 Å². The Bertz CT molecular complexity index is 991. The highest BCUT2D eigenvalue weighted by molar-refractivity contribution is 6.31. The average Bonchev–Trinajstić information content (AvgIpc) is 2.64. The highest BCUT2D eigenvalue weighted by Gasteiger charge is 2.12.